The summed E-state index contributed by atoms with van der Waals surface area (Å²) >= 11 is 0. The lowest BCUT2D eigenvalue weighted by atomic mass is 9.60. The Morgan fingerprint density at radius 3 is 2.93 bits per heavy atom. The minimum absolute atomic E-state index is 0.534. The fourth-order valence-corrected chi connectivity index (χ4v) is 3.63. The van der Waals surface area contributed by atoms with Crippen molar-refractivity contribution in [1.82, 2.24) is 10.2 Å². The van der Waals surface area contributed by atoms with Crippen molar-refractivity contribution in [1.29, 1.82) is 0 Å². The van der Waals surface area contributed by atoms with Crippen LogP contribution in [0.1, 0.15) is 19.8 Å². The van der Waals surface area contributed by atoms with Crippen LogP contribution in [-0.4, -0.2) is 44.7 Å². The number of likely N-dealkylation sites (tertiary alicyclic amines) is 1. The smallest absolute Gasteiger partial charge is 0.00241 e. The molecule has 0 bridgehead atoms. The van der Waals surface area contributed by atoms with E-state index >= 15 is 0 Å². The molecule has 15 heavy (non-hydrogen) atoms. The summed E-state index contributed by atoms with van der Waals surface area (Å²) in [5.74, 6) is 1.49. The maximum absolute atomic E-state index is 5.99. The maximum atomic E-state index is 5.99. The summed E-state index contributed by atoms with van der Waals surface area (Å²) in [7, 11) is 2.22. The van der Waals surface area contributed by atoms with Gasteiger partial charge in [-0.05, 0) is 63.3 Å². The van der Waals surface area contributed by atoms with Crippen molar-refractivity contribution in [3.05, 3.63) is 0 Å². The molecule has 2 aliphatic rings. The Kier molecular flexibility index (Phi) is 3.33. The van der Waals surface area contributed by atoms with Gasteiger partial charge in [-0.15, -0.1) is 0 Å². The van der Waals surface area contributed by atoms with Crippen LogP contribution in [0.25, 0.3) is 0 Å². The van der Waals surface area contributed by atoms with Gasteiger partial charge in [0.1, 0.15) is 0 Å². The standard InChI is InChI=1S/C12H25N3/c1-10-8-14-5-3-12(10)4-6-15(2)9-11(12)7-13/h10-11,14H,3-9,13H2,1-2H3. The minimum Gasteiger partial charge on any atom is -0.330 e. The van der Waals surface area contributed by atoms with Gasteiger partial charge < -0.3 is 16.0 Å². The molecule has 0 aromatic carbocycles. The topological polar surface area (TPSA) is 41.3 Å². The molecular formula is C12H25N3. The summed E-state index contributed by atoms with van der Waals surface area (Å²) in [6.07, 6.45) is 2.66. The zero-order chi connectivity index (χ0) is 10.9. The summed E-state index contributed by atoms with van der Waals surface area (Å²) in [4.78, 5) is 2.44. The molecular weight excluding hydrogens is 186 g/mol. The van der Waals surface area contributed by atoms with E-state index in [1.54, 1.807) is 0 Å². The number of piperidine rings is 2. The molecule has 2 aliphatic heterocycles. The Hall–Kier alpha value is -0.120. The third-order valence-electron chi connectivity index (χ3n) is 4.79. The summed E-state index contributed by atoms with van der Waals surface area (Å²) in [6.45, 7) is 8.07. The second kappa shape index (κ2) is 4.40. The van der Waals surface area contributed by atoms with Gasteiger partial charge in [-0.25, -0.2) is 0 Å². The van der Waals surface area contributed by atoms with Crippen molar-refractivity contribution in [3.8, 4) is 0 Å². The quantitative estimate of drug-likeness (QED) is 0.664. The molecule has 1 spiro atoms. The van der Waals surface area contributed by atoms with Crippen molar-refractivity contribution in [2.45, 2.75) is 19.8 Å². The molecule has 2 rings (SSSR count). The molecule has 0 aliphatic carbocycles. The van der Waals surface area contributed by atoms with Gasteiger partial charge in [0, 0.05) is 6.54 Å². The van der Waals surface area contributed by atoms with Crippen molar-refractivity contribution >= 4 is 0 Å². The van der Waals surface area contributed by atoms with Gasteiger partial charge in [-0.2, -0.15) is 0 Å². The summed E-state index contributed by atoms with van der Waals surface area (Å²) < 4.78 is 0. The molecule has 2 saturated heterocycles. The fraction of sp³-hybridized carbons (Fsp3) is 1.00. The third kappa shape index (κ3) is 1.93. The second-order valence-corrected chi connectivity index (χ2v) is 5.53. The Labute approximate surface area is 93.4 Å². The molecule has 3 nitrogen and oxygen atoms in total. The van der Waals surface area contributed by atoms with E-state index in [0.29, 0.717) is 11.3 Å². The van der Waals surface area contributed by atoms with Crippen LogP contribution in [0.15, 0.2) is 0 Å². The Balaban J connectivity index is 2.15. The van der Waals surface area contributed by atoms with Gasteiger partial charge in [0.25, 0.3) is 0 Å². The van der Waals surface area contributed by atoms with Gasteiger partial charge in [0.15, 0.2) is 0 Å². The highest BCUT2D eigenvalue weighted by atomic mass is 15.1. The molecule has 2 fully saturated rings. The number of nitrogens with two attached hydrogens (primary N) is 1. The van der Waals surface area contributed by atoms with E-state index in [0.717, 1.165) is 12.5 Å². The monoisotopic (exact) mass is 211 g/mol. The first-order valence-electron chi connectivity index (χ1n) is 6.28. The highest BCUT2D eigenvalue weighted by Crippen LogP contribution is 2.46. The lowest BCUT2D eigenvalue weighted by Gasteiger charge is -2.53. The predicted octanol–water partition coefficient (Wildman–Crippen LogP) is 0.513. The fourth-order valence-electron chi connectivity index (χ4n) is 3.63. The van der Waals surface area contributed by atoms with Crippen LogP contribution >= 0.6 is 0 Å². The predicted molar refractivity (Wildman–Crippen MR) is 63.7 cm³/mol. The van der Waals surface area contributed by atoms with Crippen LogP contribution in [0, 0.1) is 17.3 Å². The van der Waals surface area contributed by atoms with Crippen molar-refractivity contribution in [3.63, 3.8) is 0 Å². The number of nitrogens with zero attached hydrogens (tertiary/aromatic N) is 1. The van der Waals surface area contributed by atoms with Crippen LogP contribution in [0.4, 0.5) is 0 Å². The van der Waals surface area contributed by atoms with E-state index in [4.69, 9.17) is 5.73 Å². The average molecular weight is 211 g/mol. The van der Waals surface area contributed by atoms with E-state index in [1.807, 2.05) is 0 Å². The first kappa shape index (κ1) is 11.4. The molecule has 3 heteroatoms. The lowest BCUT2D eigenvalue weighted by Crippen LogP contribution is -2.56. The molecule has 3 unspecified atom stereocenters. The molecule has 0 amide bonds. The van der Waals surface area contributed by atoms with Crippen molar-refractivity contribution in [2.75, 3.05) is 39.8 Å². The second-order valence-electron chi connectivity index (χ2n) is 5.53. The first-order valence-corrected chi connectivity index (χ1v) is 6.28. The van der Waals surface area contributed by atoms with E-state index in [1.165, 1.54) is 39.0 Å². The molecule has 0 aromatic rings. The molecule has 2 heterocycles. The Bertz CT molecular complexity index is 219. The van der Waals surface area contributed by atoms with Crippen LogP contribution < -0.4 is 11.1 Å². The first-order chi connectivity index (χ1) is 7.19. The molecule has 0 radical (unpaired) electrons. The van der Waals surface area contributed by atoms with E-state index in [2.05, 4.69) is 24.2 Å². The maximum Gasteiger partial charge on any atom is 0.00241 e. The van der Waals surface area contributed by atoms with E-state index < -0.39 is 0 Å². The van der Waals surface area contributed by atoms with Gasteiger partial charge >= 0.3 is 0 Å². The molecule has 0 saturated carbocycles. The lowest BCUT2D eigenvalue weighted by molar-refractivity contribution is -0.0187. The van der Waals surface area contributed by atoms with Crippen LogP contribution in [0.2, 0.25) is 0 Å². The van der Waals surface area contributed by atoms with Gasteiger partial charge in [-0.3, -0.25) is 0 Å². The minimum atomic E-state index is 0.534. The molecule has 3 atom stereocenters. The van der Waals surface area contributed by atoms with Gasteiger partial charge in [-0.1, -0.05) is 6.92 Å². The molecule has 0 aromatic heterocycles. The molecule has 88 valence electrons. The zero-order valence-corrected chi connectivity index (χ0v) is 10.1. The highest BCUT2D eigenvalue weighted by molar-refractivity contribution is 4.98. The van der Waals surface area contributed by atoms with Gasteiger partial charge in [0.05, 0.1) is 0 Å². The van der Waals surface area contributed by atoms with Crippen LogP contribution in [0.3, 0.4) is 0 Å². The summed E-state index contributed by atoms with van der Waals surface area (Å²) in [5, 5.41) is 3.51. The Morgan fingerprint density at radius 2 is 2.27 bits per heavy atom. The number of hydrogen-bond acceptors (Lipinski definition) is 3. The van der Waals surface area contributed by atoms with E-state index in [9.17, 15) is 0 Å². The zero-order valence-electron chi connectivity index (χ0n) is 10.1. The van der Waals surface area contributed by atoms with Gasteiger partial charge in [0.2, 0.25) is 0 Å². The molecule has 3 N–H and O–H groups in total. The average Bonchev–Trinajstić information content (AvgIpc) is 2.25. The van der Waals surface area contributed by atoms with Crippen molar-refractivity contribution < 1.29 is 0 Å². The van der Waals surface area contributed by atoms with Crippen molar-refractivity contribution in [2.24, 2.45) is 23.0 Å². The van der Waals surface area contributed by atoms with Crippen LogP contribution in [0.5, 0.6) is 0 Å². The summed E-state index contributed by atoms with van der Waals surface area (Å²) in [5.41, 5.74) is 6.52. The highest BCUT2D eigenvalue weighted by Gasteiger charge is 2.46. The Morgan fingerprint density at radius 1 is 1.47 bits per heavy atom. The number of hydrogen-bond donors (Lipinski definition) is 2. The van der Waals surface area contributed by atoms with E-state index in [-0.39, 0.29) is 0 Å². The SMILES string of the molecule is CC1CNCCC12CCN(C)CC2CN. The number of rotatable bonds is 1. The summed E-state index contributed by atoms with van der Waals surface area (Å²) in [6, 6.07) is 0. The number of nitrogens with one attached hydrogen (secondary N) is 1. The third-order valence-corrected chi connectivity index (χ3v) is 4.79. The van der Waals surface area contributed by atoms with Crippen LogP contribution in [-0.2, 0) is 0 Å². The normalized spacial score (nSPS) is 43.4. The largest absolute Gasteiger partial charge is 0.330 e.